The maximum Gasteiger partial charge on any atom is 0.408 e. The van der Waals surface area contributed by atoms with Crippen LogP contribution in [0.1, 0.15) is 41.0 Å². The van der Waals surface area contributed by atoms with Gasteiger partial charge in [-0.05, 0) is 34.6 Å². The topological polar surface area (TPSA) is 115 Å². The fraction of sp³-hybridized carbons (Fsp3) is 0.684. The molecule has 0 aliphatic heterocycles. The van der Waals surface area contributed by atoms with Crippen LogP contribution >= 0.6 is 0 Å². The number of allylic oxidation sites excluding steroid dienone is 1. The Morgan fingerprint density at radius 3 is 2.41 bits per heavy atom. The first-order valence-corrected chi connectivity index (χ1v) is 9.04. The molecule has 2 saturated carbocycles. The maximum atomic E-state index is 12.8. The van der Waals surface area contributed by atoms with Gasteiger partial charge in [0.15, 0.2) is 0 Å². The van der Waals surface area contributed by atoms with Crippen molar-refractivity contribution in [2.45, 2.75) is 52.2 Å². The quantitative estimate of drug-likeness (QED) is 0.442. The van der Waals surface area contributed by atoms with Crippen molar-refractivity contribution in [3.8, 4) is 6.07 Å². The average molecular weight is 378 g/mol. The number of nitrogens with zero attached hydrogens (tertiary/aromatic N) is 1. The van der Waals surface area contributed by atoms with Crippen LogP contribution in [0.3, 0.4) is 0 Å². The predicted octanol–water partition coefficient (Wildman–Crippen LogP) is 2.09. The van der Waals surface area contributed by atoms with E-state index in [9.17, 15) is 14.4 Å². The number of ether oxygens (including phenoxy) is 3. The van der Waals surface area contributed by atoms with Gasteiger partial charge in [-0.15, -0.1) is 0 Å². The summed E-state index contributed by atoms with van der Waals surface area (Å²) in [5.41, 5.74) is -1.58. The number of fused-ring (bicyclic) bond motifs is 1. The Morgan fingerprint density at radius 2 is 1.89 bits per heavy atom. The van der Waals surface area contributed by atoms with Gasteiger partial charge >= 0.3 is 18.0 Å². The Balaban J connectivity index is 2.39. The lowest BCUT2D eigenvalue weighted by atomic mass is 9.88. The molecule has 2 aliphatic carbocycles. The van der Waals surface area contributed by atoms with Gasteiger partial charge in [-0.25, -0.2) is 9.59 Å². The molecule has 0 unspecified atom stereocenters. The Bertz CT molecular complexity index is 702. The van der Waals surface area contributed by atoms with Gasteiger partial charge in [-0.3, -0.25) is 4.79 Å². The molecule has 2 aliphatic rings. The first-order chi connectivity index (χ1) is 12.6. The minimum atomic E-state index is -1.46. The normalized spacial score (nSPS) is 30.1. The second-order valence-corrected chi connectivity index (χ2v) is 7.67. The zero-order valence-corrected chi connectivity index (χ0v) is 16.3. The lowest BCUT2D eigenvalue weighted by molar-refractivity contribution is -0.153. The van der Waals surface area contributed by atoms with E-state index in [4.69, 9.17) is 19.5 Å². The van der Waals surface area contributed by atoms with Gasteiger partial charge < -0.3 is 19.5 Å². The van der Waals surface area contributed by atoms with Gasteiger partial charge in [0.25, 0.3) is 0 Å². The van der Waals surface area contributed by atoms with Crippen molar-refractivity contribution >= 4 is 18.0 Å². The van der Waals surface area contributed by atoms with E-state index in [0.29, 0.717) is 5.57 Å². The van der Waals surface area contributed by atoms with E-state index in [1.807, 2.05) is 6.07 Å². The monoisotopic (exact) mass is 378 g/mol. The Morgan fingerprint density at radius 1 is 1.26 bits per heavy atom. The highest BCUT2D eigenvalue weighted by Crippen LogP contribution is 2.65. The number of carbonyl (C=O) groups excluding carboxylic acids is 3. The minimum absolute atomic E-state index is 0.101. The van der Waals surface area contributed by atoms with Gasteiger partial charge in [0.2, 0.25) is 0 Å². The SMILES string of the molecule is CCOC(=O)[C@H]1[C@@H]2C(=CC#N)C[C@@](NC(=O)OC(C)(C)C)(C(=O)OCC)[C@H]12. The summed E-state index contributed by atoms with van der Waals surface area (Å²) in [6.07, 6.45) is 0.653. The van der Waals surface area contributed by atoms with E-state index in [2.05, 4.69) is 5.32 Å². The van der Waals surface area contributed by atoms with Crippen LogP contribution in [-0.2, 0) is 23.8 Å². The highest BCUT2D eigenvalue weighted by molar-refractivity contribution is 5.92. The van der Waals surface area contributed by atoms with E-state index in [1.165, 1.54) is 6.08 Å². The van der Waals surface area contributed by atoms with Crippen LogP contribution in [0, 0.1) is 29.1 Å². The minimum Gasteiger partial charge on any atom is -0.466 e. The number of nitrogens with one attached hydrogen (secondary N) is 1. The van der Waals surface area contributed by atoms with Crippen molar-refractivity contribution in [1.29, 1.82) is 5.26 Å². The molecular weight excluding hydrogens is 352 g/mol. The van der Waals surface area contributed by atoms with Crippen LogP contribution in [0.4, 0.5) is 4.79 Å². The molecule has 2 rings (SSSR count). The summed E-state index contributed by atoms with van der Waals surface area (Å²) in [6, 6.07) is 1.95. The van der Waals surface area contributed by atoms with E-state index < -0.39 is 41.0 Å². The van der Waals surface area contributed by atoms with Gasteiger partial charge in [0.1, 0.15) is 11.1 Å². The molecule has 8 heteroatoms. The van der Waals surface area contributed by atoms with Crippen LogP contribution in [0.2, 0.25) is 0 Å². The van der Waals surface area contributed by atoms with Crippen molar-refractivity contribution in [1.82, 2.24) is 5.32 Å². The molecule has 0 radical (unpaired) electrons. The fourth-order valence-electron chi connectivity index (χ4n) is 3.84. The molecule has 148 valence electrons. The number of amides is 1. The number of hydrogen-bond acceptors (Lipinski definition) is 7. The average Bonchev–Trinajstić information content (AvgIpc) is 3.21. The van der Waals surface area contributed by atoms with E-state index in [0.717, 1.165) is 0 Å². The highest BCUT2D eigenvalue weighted by Gasteiger charge is 2.74. The lowest BCUT2D eigenvalue weighted by Gasteiger charge is -2.32. The maximum absolute atomic E-state index is 12.8. The molecule has 0 heterocycles. The van der Waals surface area contributed by atoms with Gasteiger partial charge in [0, 0.05) is 24.3 Å². The fourth-order valence-corrected chi connectivity index (χ4v) is 3.84. The molecule has 27 heavy (non-hydrogen) atoms. The molecule has 4 atom stereocenters. The first-order valence-electron chi connectivity index (χ1n) is 9.04. The number of nitriles is 1. The Hall–Kier alpha value is -2.56. The second kappa shape index (κ2) is 7.59. The van der Waals surface area contributed by atoms with Crippen molar-refractivity contribution in [2.75, 3.05) is 13.2 Å². The zero-order valence-electron chi connectivity index (χ0n) is 16.3. The number of alkyl carbamates (subject to hydrolysis) is 1. The molecule has 2 fully saturated rings. The second-order valence-electron chi connectivity index (χ2n) is 7.67. The van der Waals surface area contributed by atoms with Crippen LogP contribution in [0.15, 0.2) is 11.6 Å². The Labute approximate surface area is 158 Å². The number of rotatable bonds is 5. The van der Waals surface area contributed by atoms with E-state index in [-0.39, 0.29) is 25.6 Å². The van der Waals surface area contributed by atoms with Crippen LogP contribution in [0.25, 0.3) is 0 Å². The summed E-state index contributed by atoms with van der Waals surface area (Å²) < 4.78 is 15.6. The van der Waals surface area contributed by atoms with Crippen molar-refractivity contribution in [3.05, 3.63) is 11.6 Å². The first kappa shape index (κ1) is 20.7. The van der Waals surface area contributed by atoms with E-state index >= 15 is 0 Å². The van der Waals surface area contributed by atoms with Crippen molar-refractivity contribution in [3.63, 3.8) is 0 Å². The van der Waals surface area contributed by atoms with Crippen molar-refractivity contribution in [2.24, 2.45) is 17.8 Å². The predicted molar refractivity (Wildman–Crippen MR) is 94.1 cm³/mol. The third-order valence-electron chi connectivity index (χ3n) is 4.67. The largest absolute Gasteiger partial charge is 0.466 e. The zero-order chi connectivity index (χ0) is 20.4. The summed E-state index contributed by atoms with van der Waals surface area (Å²) in [6.45, 7) is 8.81. The molecule has 1 N–H and O–H groups in total. The van der Waals surface area contributed by atoms with Crippen LogP contribution in [0.5, 0.6) is 0 Å². The standard InChI is InChI=1S/C19H26N2O6/c1-6-25-15(22)13-12-11(8-9-20)10-19(14(12)13,16(23)26-7-2)21-17(24)27-18(3,4)5/h8,12-14H,6-7,10H2,1-5H3,(H,21,24)/t12-,13-,14-,19-/m0/s1. The van der Waals surface area contributed by atoms with Gasteiger partial charge in [-0.1, -0.05) is 5.57 Å². The van der Waals surface area contributed by atoms with Gasteiger partial charge in [0.05, 0.1) is 25.2 Å². The van der Waals surface area contributed by atoms with Crippen LogP contribution < -0.4 is 5.32 Å². The molecule has 8 nitrogen and oxygen atoms in total. The third kappa shape index (κ3) is 4.07. The molecule has 0 bridgehead atoms. The van der Waals surface area contributed by atoms with Crippen molar-refractivity contribution < 1.29 is 28.6 Å². The smallest absolute Gasteiger partial charge is 0.408 e. The molecule has 0 spiro atoms. The van der Waals surface area contributed by atoms with Crippen LogP contribution in [-0.4, -0.2) is 42.4 Å². The number of carbonyl (C=O) groups is 3. The van der Waals surface area contributed by atoms with E-state index in [1.54, 1.807) is 34.6 Å². The molecule has 0 aromatic rings. The lowest BCUT2D eigenvalue weighted by Crippen LogP contribution is -2.57. The molecule has 1 amide bonds. The third-order valence-corrected chi connectivity index (χ3v) is 4.67. The summed E-state index contributed by atoms with van der Waals surface area (Å²) in [4.78, 5) is 37.6. The number of esters is 2. The molecule has 0 aromatic carbocycles. The summed E-state index contributed by atoms with van der Waals surface area (Å²) in [7, 11) is 0. The summed E-state index contributed by atoms with van der Waals surface area (Å²) in [5.74, 6) is -2.54. The molecule has 0 aromatic heterocycles. The summed E-state index contributed by atoms with van der Waals surface area (Å²) >= 11 is 0. The number of hydrogen-bond donors (Lipinski definition) is 1. The Kier molecular flexibility index (Phi) is 5.83. The van der Waals surface area contributed by atoms with Gasteiger partial charge in [-0.2, -0.15) is 5.26 Å². The molecular formula is C19H26N2O6. The highest BCUT2D eigenvalue weighted by atomic mass is 16.6. The molecule has 0 saturated heterocycles. The summed E-state index contributed by atoms with van der Waals surface area (Å²) in [5, 5.41) is 11.7.